The molecule has 2 aliphatic rings. The minimum atomic E-state index is 0.286. The van der Waals surface area contributed by atoms with Gasteiger partial charge < -0.3 is 10.1 Å². The van der Waals surface area contributed by atoms with Crippen LogP contribution in [0.5, 0.6) is 0 Å². The molecule has 2 aromatic carbocycles. The van der Waals surface area contributed by atoms with E-state index >= 15 is 0 Å². The topological polar surface area (TPSA) is 21.3 Å². The smallest absolute Gasteiger partial charge is 0.0828 e. The van der Waals surface area contributed by atoms with E-state index in [9.17, 15) is 0 Å². The normalized spacial score (nSPS) is 26.8. The molecule has 0 aromatic heterocycles. The molecule has 24 heavy (non-hydrogen) atoms. The van der Waals surface area contributed by atoms with E-state index < -0.39 is 0 Å². The minimum absolute atomic E-state index is 0.286. The standard InChI is InChI=1S/C22H27NO/c1-2-6-17(7-3-1)19-12-14-23-20(16-19)10-11-22-21-9-5-4-8-18(21)13-15-24-22/h1-9,19-20,22-23H,10-16H2. The molecule has 0 radical (unpaired) electrons. The van der Waals surface area contributed by atoms with Crippen molar-refractivity contribution in [3.8, 4) is 0 Å². The number of ether oxygens (including phenoxy) is 1. The molecular weight excluding hydrogens is 294 g/mol. The van der Waals surface area contributed by atoms with Crippen LogP contribution in [0.3, 0.4) is 0 Å². The Bertz CT molecular complexity index is 654. The van der Waals surface area contributed by atoms with E-state index in [-0.39, 0.29) is 6.10 Å². The molecule has 1 N–H and O–H groups in total. The lowest BCUT2D eigenvalue weighted by Crippen LogP contribution is -2.37. The van der Waals surface area contributed by atoms with Crippen molar-refractivity contribution in [2.24, 2.45) is 0 Å². The summed E-state index contributed by atoms with van der Waals surface area (Å²) in [6.45, 7) is 2.00. The molecule has 0 spiro atoms. The second kappa shape index (κ2) is 7.50. The first kappa shape index (κ1) is 15.9. The van der Waals surface area contributed by atoms with Crippen molar-refractivity contribution in [1.29, 1.82) is 0 Å². The first-order valence-corrected chi connectivity index (χ1v) is 9.38. The molecule has 0 saturated carbocycles. The summed E-state index contributed by atoms with van der Waals surface area (Å²) in [5.41, 5.74) is 4.40. The average Bonchev–Trinajstić information content (AvgIpc) is 2.67. The van der Waals surface area contributed by atoms with Crippen LogP contribution in [0.4, 0.5) is 0 Å². The number of rotatable bonds is 4. The van der Waals surface area contributed by atoms with Crippen LogP contribution in [0.25, 0.3) is 0 Å². The van der Waals surface area contributed by atoms with E-state index in [0.29, 0.717) is 12.0 Å². The molecule has 1 saturated heterocycles. The van der Waals surface area contributed by atoms with Crippen LogP contribution in [0.1, 0.15) is 54.4 Å². The van der Waals surface area contributed by atoms with Crippen LogP contribution in [0, 0.1) is 0 Å². The number of benzene rings is 2. The van der Waals surface area contributed by atoms with Crippen molar-refractivity contribution in [2.45, 2.75) is 50.2 Å². The van der Waals surface area contributed by atoms with Crippen LogP contribution >= 0.6 is 0 Å². The van der Waals surface area contributed by atoms with Gasteiger partial charge in [0.1, 0.15) is 0 Å². The lowest BCUT2D eigenvalue weighted by molar-refractivity contribution is 0.0326. The SMILES string of the molecule is c1ccc(C2CCNC(CCC3OCCc4ccccc43)C2)cc1. The van der Waals surface area contributed by atoms with Gasteiger partial charge in [-0.2, -0.15) is 0 Å². The molecule has 2 aromatic rings. The third kappa shape index (κ3) is 3.55. The van der Waals surface area contributed by atoms with Crippen molar-refractivity contribution in [1.82, 2.24) is 5.32 Å². The summed E-state index contributed by atoms with van der Waals surface area (Å²) >= 11 is 0. The van der Waals surface area contributed by atoms with E-state index in [1.807, 2.05) is 0 Å². The summed E-state index contributed by atoms with van der Waals surface area (Å²) in [5, 5.41) is 3.73. The maximum atomic E-state index is 6.08. The van der Waals surface area contributed by atoms with E-state index in [1.54, 1.807) is 0 Å². The molecule has 126 valence electrons. The van der Waals surface area contributed by atoms with Crippen LogP contribution in [0.2, 0.25) is 0 Å². The Labute approximate surface area is 145 Å². The fourth-order valence-corrected chi connectivity index (χ4v) is 4.32. The predicted molar refractivity (Wildman–Crippen MR) is 98.3 cm³/mol. The summed E-state index contributed by atoms with van der Waals surface area (Å²) in [6.07, 6.45) is 6.17. The lowest BCUT2D eigenvalue weighted by Gasteiger charge is -2.33. The third-order valence-electron chi connectivity index (χ3n) is 5.64. The highest BCUT2D eigenvalue weighted by molar-refractivity contribution is 5.30. The second-order valence-electron chi connectivity index (χ2n) is 7.17. The molecule has 2 aliphatic heterocycles. The summed E-state index contributed by atoms with van der Waals surface area (Å²) in [6, 6.07) is 20.4. The highest BCUT2D eigenvalue weighted by atomic mass is 16.5. The summed E-state index contributed by atoms with van der Waals surface area (Å²) < 4.78 is 6.08. The van der Waals surface area contributed by atoms with Gasteiger partial charge in [0.15, 0.2) is 0 Å². The van der Waals surface area contributed by atoms with Crippen molar-refractivity contribution < 1.29 is 4.74 Å². The Morgan fingerprint density at radius 1 is 0.958 bits per heavy atom. The van der Waals surface area contributed by atoms with Gasteiger partial charge in [-0.05, 0) is 61.3 Å². The number of piperidine rings is 1. The van der Waals surface area contributed by atoms with Gasteiger partial charge in [-0.1, -0.05) is 54.6 Å². The second-order valence-corrected chi connectivity index (χ2v) is 7.17. The Morgan fingerprint density at radius 2 is 1.79 bits per heavy atom. The number of hydrogen-bond acceptors (Lipinski definition) is 2. The predicted octanol–water partition coefficient (Wildman–Crippen LogP) is 4.62. The van der Waals surface area contributed by atoms with E-state index in [1.165, 1.54) is 36.0 Å². The molecule has 0 aliphatic carbocycles. The Morgan fingerprint density at radius 3 is 2.71 bits per heavy atom. The molecule has 2 heterocycles. The van der Waals surface area contributed by atoms with Gasteiger partial charge >= 0.3 is 0 Å². The van der Waals surface area contributed by atoms with Gasteiger partial charge in [0.2, 0.25) is 0 Å². The quantitative estimate of drug-likeness (QED) is 0.887. The van der Waals surface area contributed by atoms with E-state index in [4.69, 9.17) is 4.74 Å². The number of nitrogens with one attached hydrogen (secondary N) is 1. The van der Waals surface area contributed by atoms with Crippen LogP contribution in [-0.2, 0) is 11.2 Å². The van der Waals surface area contributed by atoms with Crippen molar-refractivity contribution in [2.75, 3.05) is 13.2 Å². The average molecular weight is 321 g/mol. The zero-order chi connectivity index (χ0) is 16.2. The molecule has 2 heteroatoms. The third-order valence-corrected chi connectivity index (χ3v) is 5.64. The summed E-state index contributed by atoms with van der Waals surface area (Å²) in [4.78, 5) is 0. The molecule has 2 nitrogen and oxygen atoms in total. The molecule has 0 bridgehead atoms. The lowest BCUT2D eigenvalue weighted by atomic mass is 9.84. The highest BCUT2D eigenvalue weighted by Crippen LogP contribution is 2.33. The molecule has 1 fully saturated rings. The molecular formula is C22H27NO. The molecule has 3 unspecified atom stereocenters. The summed E-state index contributed by atoms with van der Waals surface area (Å²) in [7, 11) is 0. The zero-order valence-corrected chi connectivity index (χ0v) is 14.3. The van der Waals surface area contributed by atoms with Crippen molar-refractivity contribution in [3.05, 3.63) is 71.3 Å². The van der Waals surface area contributed by atoms with Crippen LogP contribution in [0.15, 0.2) is 54.6 Å². The Kier molecular flexibility index (Phi) is 4.96. The van der Waals surface area contributed by atoms with E-state index in [2.05, 4.69) is 59.9 Å². The number of fused-ring (bicyclic) bond motifs is 1. The summed E-state index contributed by atoms with van der Waals surface area (Å²) in [5.74, 6) is 0.706. The van der Waals surface area contributed by atoms with Gasteiger partial charge in [0.05, 0.1) is 12.7 Å². The Hall–Kier alpha value is -1.64. The van der Waals surface area contributed by atoms with Gasteiger partial charge in [-0.15, -0.1) is 0 Å². The maximum absolute atomic E-state index is 6.08. The van der Waals surface area contributed by atoms with Crippen molar-refractivity contribution in [3.63, 3.8) is 0 Å². The minimum Gasteiger partial charge on any atom is -0.373 e. The monoisotopic (exact) mass is 321 g/mol. The largest absolute Gasteiger partial charge is 0.373 e. The van der Waals surface area contributed by atoms with Crippen LogP contribution < -0.4 is 5.32 Å². The molecule has 3 atom stereocenters. The van der Waals surface area contributed by atoms with Gasteiger partial charge in [0, 0.05) is 6.04 Å². The van der Waals surface area contributed by atoms with Gasteiger partial charge in [-0.25, -0.2) is 0 Å². The van der Waals surface area contributed by atoms with Crippen LogP contribution in [-0.4, -0.2) is 19.2 Å². The molecule has 0 amide bonds. The van der Waals surface area contributed by atoms with E-state index in [0.717, 1.165) is 26.0 Å². The molecule has 4 rings (SSSR count). The first-order chi connectivity index (χ1) is 11.9. The highest BCUT2D eigenvalue weighted by Gasteiger charge is 2.25. The maximum Gasteiger partial charge on any atom is 0.0828 e. The fourth-order valence-electron chi connectivity index (χ4n) is 4.32. The Balaban J connectivity index is 1.36. The fraction of sp³-hybridized carbons (Fsp3) is 0.455. The number of hydrogen-bond donors (Lipinski definition) is 1. The van der Waals surface area contributed by atoms with Crippen molar-refractivity contribution >= 4 is 0 Å². The van der Waals surface area contributed by atoms with Gasteiger partial charge in [-0.3, -0.25) is 0 Å². The first-order valence-electron chi connectivity index (χ1n) is 9.38. The zero-order valence-electron chi connectivity index (χ0n) is 14.3. The van der Waals surface area contributed by atoms with Gasteiger partial charge in [0.25, 0.3) is 0 Å².